The number of amides is 1. The lowest BCUT2D eigenvalue weighted by molar-refractivity contribution is -0.384. The van der Waals surface area contributed by atoms with Gasteiger partial charge in [0.25, 0.3) is 11.6 Å². The molecule has 7 heteroatoms. The molecule has 0 atom stereocenters. The van der Waals surface area contributed by atoms with Crippen LogP contribution in [0.15, 0.2) is 65.8 Å². The Morgan fingerprint density at radius 3 is 2.54 bits per heavy atom. The van der Waals surface area contributed by atoms with Crippen LogP contribution in [0.4, 0.5) is 5.69 Å². The van der Waals surface area contributed by atoms with Crippen LogP contribution >= 0.6 is 0 Å². The van der Waals surface area contributed by atoms with Crippen molar-refractivity contribution in [2.24, 2.45) is 5.10 Å². The number of benzene rings is 2. The van der Waals surface area contributed by atoms with Crippen molar-refractivity contribution >= 4 is 23.9 Å². The Hall–Kier alpha value is -3.48. The van der Waals surface area contributed by atoms with Gasteiger partial charge in [-0.15, -0.1) is 0 Å². The first-order valence-corrected chi connectivity index (χ1v) is 7.06. The second-order valence-corrected chi connectivity index (χ2v) is 4.62. The Bertz CT molecular complexity index is 740. The minimum absolute atomic E-state index is 0.0402. The molecule has 2 aromatic rings. The van der Waals surface area contributed by atoms with Crippen LogP contribution < -0.4 is 10.2 Å². The summed E-state index contributed by atoms with van der Waals surface area (Å²) in [4.78, 5) is 21.6. The van der Waals surface area contributed by atoms with Crippen molar-refractivity contribution in [3.05, 3.63) is 76.4 Å². The SMILES string of the molecule is O=C(COc1ccc([N+](=O)[O-])cc1)NN=CC=Cc1ccccc1. The minimum Gasteiger partial charge on any atom is -0.484 e. The molecule has 122 valence electrons. The van der Waals surface area contributed by atoms with Gasteiger partial charge in [0, 0.05) is 18.3 Å². The number of carbonyl (C=O) groups is 1. The number of non-ortho nitro benzene ring substituents is 1. The van der Waals surface area contributed by atoms with Gasteiger partial charge in [0.2, 0.25) is 0 Å². The van der Waals surface area contributed by atoms with Crippen LogP contribution in [0.1, 0.15) is 5.56 Å². The van der Waals surface area contributed by atoms with E-state index in [-0.39, 0.29) is 12.3 Å². The van der Waals surface area contributed by atoms with Crippen molar-refractivity contribution in [1.82, 2.24) is 5.43 Å². The maximum absolute atomic E-state index is 11.5. The number of allylic oxidation sites excluding steroid dienone is 1. The van der Waals surface area contributed by atoms with E-state index in [1.54, 1.807) is 6.08 Å². The van der Waals surface area contributed by atoms with Gasteiger partial charge < -0.3 is 4.74 Å². The van der Waals surface area contributed by atoms with Gasteiger partial charge in [-0.25, -0.2) is 5.43 Å². The maximum atomic E-state index is 11.5. The zero-order valence-corrected chi connectivity index (χ0v) is 12.7. The van der Waals surface area contributed by atoms with Gasteiger partial charge >= 0.3 is 0 Å². The molecule has 1 amide bonds. The number of carbonyl (C=O) groups excluding carboxylic acids is 1. The summed E-state index contributed by atoms with van der Waals surface area (Å²) in [7, 11) is 0. The first kappa shape index (κ1) is 16.9. The molecule has 0 aliphatic carbocycles. The van der Waals surface area contributed by atoms with E-state index in [1.807, 2.05) is 36.4 Å². The standard InChI is InChI=1S/C17H15N3O4/c21-17(13-24-16-10-8-15(9-11-16)20(22)23)19-18-12-4-7-14-5-2-1-3-6-14/h1-12H,13H2,(H,19,21). The number of hydrazone groups is 1. The smallest absolute Gasteiger partial charge is 0.277 e. The first-order valence-electron chi connectivity index (χ1n) is 7.06. The summed E-state index contributed by atoms with van der Waals surface area (Å²) in [5.74, 6) is -0.0681. The highest BCUT2D eigenvalue weighted by molar-refractivity contribution is 5.81. The molecule has 1 N–H and O–H groups in total. The third-order valence-corrected chi connectivity index (χ3v) is 2.86. The number of rotatable bonds is 7. The largest absolute Gasteiger partial charge is 0.484 e. The van der Waals surface area contributed by atoms with Gasteiger partial charge in [-0.1, -0.05) is 36.4 Å². The van der Waals surface area contributed by atoms with Crippen LogP contribution in [-0.4, -0.2) is 23.7 Å². The molecule has 0 unspecified atom stereocenters. The minimum atomic E-state index is -0.506. The Morgan fingerprint density at radius 2 is 1.88 bits per heavy atom. The van der Waals surface area contributed by atoms with E-state index >= 15 is 0 Å². The Kier molecular flexibility index (Phi) is 6.22. The Labute approximate surface area is 138 Å². The maximum Gasteiger partial charge on any atom is 0.277 e. The predicted octanol–water partition coefficient (Wildman–Crippen LogP) is 2.79. The number of nitro benzene ring substituents is 1. The van der Waals surface area contributed by atoms with Gasteiger partial charge in [-0.05, 0) is 23.8 Å². The molecule has 0 saturated carbocycles. The van der Waals surface area contributed by atoms with E-state index in [9.17, 15) is 14.9 Å². The van der Waals surface area contributed by atoms with Crippen molar-refractivity contribution < 1.29 is 14.5 Å². The van der Waals surface area contributed by atoms with E-state index in [0.717, 1.165) is 5.56 Å². The van der Waals surface area contributed by atoms with Crippen LogP contribution in [0.5, 0.6) is 5.75 Å². The molecule has 2 aromatic carbocycles. The fraction of sp³-hybridized carbons (Fsp3) is 0.0588. The van der Waals surface area contributed by atoms with E-state index in [2.05, 4.69) is 10.5 Å². The van der Waals surface area contributed by atoms with Crippen LogP contribution in [-0.2, 0) is 4.79 Å². The molecule has 0 bridgehead atoms. The highest BCUT2D eigenvalue weighted by Gasteiger charge is 2.05. The zero-order chi connectivity index (χ0) is 17.2. The Balaban J connectivity index is 1.72. The van der Waals surface area contributed by atoms with Crippen LogP contribution in [0.3, 0.4) is 0 Å². The highest BCUT2D eigenvalue weighted by atomic mass is 16.6. The lowest BCUT2D eigenvalue weighted by atomic mass is 10.2. The van der Waals surface area contributed by atoms with Gasteiger partial charge in [0.15, 0.2) is 6.61 Å². The van der Waals surface area contributed by atoms with Crippen LogP contribution in [0, 0.1) is 10.1 Å². The third-order valence-electron chi connectivity index (χ3n) is 2.86. The molecule has 0 aromatic heterocycles. The average Bonchev–Trinajstić information content (AvgIpc) is 2.61. The van der Waals surface area contributed by atoms with Crippen LogP contribution in [0.2, 0.25) is 0 Å². The van der Waals surface area contributed by atoms with E-state index in [0.29, 0.717) is 5.75 Å². The Morgan fingerprint density at radius 1 is 1.17 bits per heavy atom. The summed E-state index contributed by atoms with van der Waals surface area (Å²) in [5, 5.41) is 14.3. The zero-order valence-electron chi connectivity index (χ0n) is 12.7. The van der Waals surface area contributed by atoms with Gasteiger partial charge in [0.05, 0.1) is 4.92 Å². The van der Waals surface area contributed by atoms with Crippen molar-refractivity contribution in [2.75, 3.05) is 6.61 Å². The monoisotopic (exact) mass is 325 g/mol. The fourth-order valence-corrected chi connectivity index (χ4v) is 1.72. The van der Waals surface area contributed by atoms with E-state index in [4.69, 9.17) is 4.74 Å². The molecule has 0 spiro atoms. The van der Waals surface area contributed by atoms with Crippen molar-refractivity contribution in [3.8, 4) is 5.75 Å². The number of nitrogens with one attached hydrogen (secondary N) is 1. The molecule has 0 aliphatic rings. The number of nitrogens with zero attached hydrogens (tertiary/aromatic N) is 2. The summed E-state index contributed by atoms with van der Waals surface area (Å²) in [6, 6.07) is 15.1. The predicted molar refractivity (Wildman–Crippen MR) is 90.7 cm³/mol. The van der Waals surface area contributed by atoms with E-state index < -0.39 is 10.8 Å². The first-order chi connectivity index (χ1) is 11.6. The molecule has 24 heavy (non-hydrogen) atoms. The fourth-order valence-electron chi connectivity index (χ4n) is 1.72. The third kappa shape index (κ3) is 5.72. The molecule has 0 heterocycles. The summed E-state index contributed by atoms with van der Waals surface area (Å²) in [5.41, 5.74) is 3.30. The van der Waals surface area contributed by atoms with Crippen molar-refractivity contribution in [2.45, 2.75) is 0 Å². The van der Waals surface area contributed by atoms with Gasteiger partial charge in [-0.2, -0.15) is 5.10 Å². The average molecular weight is 325 g/mol. The number of nitro groups is 1. The molecule has 0 saturated heterocycles. The molecule has 0 aliphatic heterocycles. The molecular formula is C17H15N3O4. The molecule has 7 nitrogen and oxygen atoms in total. The second kappa shape index (κ2) is 8.84. The normalized spacial score (nSPS) is 10.8. The number of hydrogen-bond donors (Lipinski definition) is 1. The van der Waals surface area contributed by atoms with Crippen LogP contribution in [0.25, 0.3) is 6.08 Å². The second-order valence-electron chi connectivity index (χ2n) is 4.62. The summed E-state index contributed by atoms with van der Waals surface area (Å²) in [6.45, 7) is -0.239. The van der Waals surface area contributed by atoms with E-state index in [1.165, 1.54) is 30.5 Å². The van der Waals surface area contributed by atoms with Gasteiger partial charge in [0.1, 0.15) is 5.75 Å². The van der Waals surface area contributed by atoms with Crippen molar-refractivity contribution in [1.29, 1.82) is 0 Å². The molecule has 0 radical (unpaired) electrons. The van der Waals surface area contributed by atoms with Gasteiger partial charge in [-0.3, -0.25) is 14.9 Å². The lowest BCUT2D eigenvalue weighted by Crippen LogP contribution is -2.24. The quantitative estimate of drug-likeness (QED) is 0.481. The number of ether oxygens (including phenoxy) is 1. The molecular weight excluding hydrogens is 310 g/mol. The summed E-state index contributed by atoms with van der Waals surface area (Å²) < 4.78 is 5.20. The lowest BCUT2D eigenvalue weighted by Gasteiger charge is -2.04. The highest BCUT2D eigenvalue weighted by Crippen LogP contribution is 2.16. The molecule has 2 rings (SSSR count). The molecule has 0 fully saturated rings. The topological polar surface area (TPSA) is 93.8 Å². The summed E-state index contributed by atoms with van der Waals surface area (Å²) in [6.07, 6.45) is 5.01. The van der Waals surface area contributed by atoms with Crippen molar-refractivity contribution in [3.63, 3.8) is 0 Å². The summed E-state index contributed by atoms with van der Waals surface area (Å²) >= 11 is 0. The number of hydrogen-bond acceptors (Lipinski definition) is 5.